The fourth-order valence-electron chi connectivity index (χ4n) is 12.2. The van der Waals surface area contributed by atoms with Crippen molar-refractivity contribution in [1.29, 1.82) is 0 Å². The molecule has 0 bridgehead atoms. The highest BCUT2D eigenvalue weighted by molar-refractivity contribution is 6.14. The van der Waals surface area contributed by atoms with Crippen LogP contribution in [0.2, 0.25) is 0 Å². The Morgan fingerprint density at radius 3 is 1.60 bits per heavy atom. The Morgan fingerprint density at radius 1 is 0.333 bits per heavy atom. The first-order valence-corrected chi connectivity index (χ1v) is 22.6. The Bertz CT molecular complexity index is 3350. The molecule has 1 saturated carbocycles. The van der Waals surface area contributed by atoms with Crippen molar-refractivity contribution in [1.82, 2.24) is 0 Å². The molecule has 1 nitrogen and oxygen atoms in total. The highest BCUT2D eigenvalue weighted by Crippen LogP contribution is 2.59. The third kappa shape index (κ3) is 5.23. The van der Waals surface area contributed by atoms with Crippen LogP contribution >= 0.6 is 0 Å². The van der Waals surface area contributed by atoms with Gasteiger partial charge in [-0.05, 0) is 132 Å². The first-order valence-electron chi connectivity index (χ1n) is 22.6. The van der Waals surface area contributed by atoms with E-state index in [1.807, 2.05) is 0 Å². The van der Waals surface area contributed by atoms with Gasteiger partial charge in [-0.2, -0.15) is 0 Å². The van der Waals surface area contributed by atoms with Gasteiger partial charge in [0, 0.05) is 22.2 Å². The summed E-state index contributed by atoms with van der Waals surface area (Å²) >= 11 is 0. The van der Waals surface area contributed by atoms with Gasteiger partial charge in [0.2, 0.25) is 0 Å². The minimum Gasteiger partial charge on any atom is -0.310 e. The van der Waals surface area contributed by atoms with Crippen LogP contribution in [-0.4, -0.2) is 0 Å². The van der Waals surface area contributed by atoms with Crippen molar-refractivity contribution in [3.05, 3.63) is 258 Å². The van der Waals surface area contributed by atoms with Gasteiger partial charge in [0.1, 0.15) is 0 Å². The van der Waals surface area contributed by atoms with Crippen molar-refractivity contribution in [2.45, 2.75) is 36.5 Å². The van der Waals surface area contributed by atoms with Crippen molar-refractivity contribution in [2.75, 3.05) is 4.90 Å². The average molecular weight is 804 g/mol. The van der Waals surface area contributed by atoms with Crippen molar-refractivity contribution in [3.63, 3.8) is 0 Å². The van der Waals surface area contributed by atoms with Gasteiger partial charge in [-0.3, -0.25) is 0 Å². The highest BCUT2D eigenvalue weighted by atomic mass is 15.1. The van der Waals surface area contributed by atoms with E-state index in [1.54, 1.807) is 0 Å². The largest absolute Gasteiger partial charge is 0.310 e. The van der Waals surface area contributed by atoms with Gasteiger partial charge in [0.15, 0.2) is 0 Å². The molecule has 10 aromatic rings. The SMILES string of the molecule is c1ccc(C2(c3ccccc3)c3ccccc3-c3ccc(N(c4ccc(-c5ccc6c(c5)-c5ccccc5C65CCCC5)cc4)c4cc5ccccc5c5ccccc45)cc32)cc1. The van der Waals surface area contributed by atoms with Crippen molar-refractivity contribution in [3.8, 4) is 33.4 Å². The van der Waals surface area contributed by atoms with Crippen LogP contribution in [0.1, 0.15) is 59.1 Å². The third-order valence-electron chi connectivity index (χ3n) is 14.9. The highest BCUT2D eigenvalue weighted by Gasteiger charge is 2.47. The molecule has 1 heteroatoms. The van der Waals surface area contributed by atoms with Crippen LogP contribution < -0.4 is 4.90 Å². The normalized spacial score (nSPS) is 15.0. The monoisotopic (exact) mass is 803 g/mol. The minimum absolute atomic E-state index is 0.174. The number of nitrogens with zero attached hydrogens (tertiary/aromatic N) is 1. The molecule has 0 unspecified atom stereocenters. The molecule has 0 heterocycles. The summed E-state index contributed by atoms with van der Waals surface area (Å²) < 4.78 is 0. The summed E-state index contributed by atoms with van der Waals surface area (Å²) in [6.07, 6.45) is 5.10. The zero-order chi connectivity index (χ0) is 41.5. The van der Waals surface area contributed by atoms with E-state index in [1.165, 1.54) is 114 Å². The molecular weight excluding hydrogens is 759 g/mol. The van der Waals surface area contributed by atoms with Gasteiger partial charge in [-0.25, -0.2) is 0 Å². The number of fused-ring (bicyclic) bond motifs is 11. The predicted molar refractivity (Wildman–Crippen MR) is 264 cm³/mol. The van der Waals surface area contributed by atoms with E-state index < -0.39 is 5.41 Å². The van der Waals surface area contributed by atoms with Crippen LogP contribution in [0.4, 0.5) is 17.1 Å². The molecule has 63 heavy (non-hydrogen) atoms. The fourth-order valence-corrected chi connectivity index (χ4v) is 12.2. The maximum absolute atomic E-state index is 2.51. The van der Waals surface area contributed by atoms with Crippen LogP contribution in [0, 0.1) is 0 Å². The topological polar surface area (TPSA) is 3.24 Å². The lowest BCUT2D eigenvalue weighted by Gasteiger charge is -2.35. The van der Waals surface area contributed by atoms with Crippen LogP contribution in [0.5, 0.6) is 0 Å². The molecule has 0 atom stereocenters. The van der Waals surface area contributed by atoms with Crippen molar-refractivity contribution < 1.29 is 0 Å². The third-order valence-corrected chi connectivity index (χ3v) is 14.9. The minimum atomic E-state index is -0.505. The van der Waals surface area contributed by atoms with Gasteiger partial charge in [0.25, 0.3) is 0 Å². The molecule has 10 aromatic carbocycles. The average Bonchev–Trinajstić information content (AvgIpc) is 4.05. The molecular formula is C62H45N. The standard InChI is InChI=1S/C62H45N/c1-3-18-45(19-4-1)62(46-20-5-2-6-21-46)58-28-14-12-24-51(58)53-35-34-48(41-59(53)62)63(60-40-44-17-7-8-22-49(44)50-23-9-10-26-54(50)60)47-32-29-42(30-33-47)43-31-36-57-55(39-43)52-25-11-13-27-56(52)61(57)37-15-16-38-61/h1-14,17-36,39-41H,15-16,37-38H2. The first-order chi connectivity index (χ1) is 31.2. The second kappa shape index (κ2) is 14.0. The van der Waals surface area contributed by atoms with Gasteiger partial charge in [0.05, 0.1) is 11.1 Å². The summed E-state index contributed by atoms with van der Waals surface area (Å²) in [5.41, 5.74) is 19.2. The van der Waals surface area contributed by atoms with Crippen LogP contribution in [0.3, 0.4) is 0 Å². The lowest BCUT2D eigenvalue weighted by molar-refractivity contribution is 0.550. The van der Waals surface area contributed by atoms with Crippen molar-refractivity contribution in [2.24, 2.45) is 0 Å². The van der Waals surface area contributed by atoms with E-state index in [0.29, 0.717) is 0 Å². The zero-order valence-electron chi connectivity index (χ0n) is 35.1. The summed E-state index contributed by atoms with van der Waals surface area (Å²) in [4.78, 5) is 2.51. The van der Waals surface area contributed by atoms with Gasteiger partial charge in [-0.1, -0.05) is 201 Å². The smallest absolute Gasteiger partial charge is 0.0714 e. The maximum atomic E-state index is 2.51. The van der Waals surface area contributed by atoms with E-state index >= 15 is 0 Å². The lowest BCUT2D eigenvalue weighted by Crippen LogP contribution is -2.28. The Balaban J connectivity index is 1.02. The van der Waals surface area contributed by atoms with E-state index in [4.69, 9.17) is 0 Å². The van der Waals surface area contributed by atoms with E-state index in [2.05, 4.69) is 229 Å². The quantitative estimate of drug-likeness (QED) is 0.151. The lowest BCUT2D eigenvalue weighted by atomic mass is 9.67. The molecule has 1 spiro atoms. The second-order valence-corrected chi connectivity index (χ2v) is 17.9. The Morgan fingerprint density at radius 2 is 0.873 bits per heavy atom. The summed E-state index contributed by atoms with van der Waals surface area (Å²) in [6.45, 7) is 0. The molecule has 0 saturated heterocycles. The molecule has 3 aliphatic carbocycles. The van der Waals surface area contributed by atoms with Gasteiger partial charge in [-0.15, -0.1) is 0 Å². The number of hydrogen-bond acceptors (Lipinski definition) is 1. The molecule has 13 rings (SSSR count). The molecule has 0 aromatic heterocycles. The molecule has 0 radical (unpaired) electrons. The summed E-state index contributed by atoms with van der Waals surface area (Å²) in [5.74, 6) is 0. The van der Waals surface area contributed by atoms with E-state index in [-0.39, 0.29) is 5.41 Å². The van der Waals surface area contributed by atoms with Crippen LogP contribution in [0.15, 0.2) is 224 Å². The number of rotatable bonds is 6. The Hall–Kier alpha value is -7.48. The Labute approximate surface area is 369 Å². The number of hydrogen-bond donors (Lipinski definition) is 0. The maximum Gasteiger partial charge on any atom is 0.0714 e. The number of anilines is 3. The molecule has 1 fully saturated rings. The van der Waals surface area contributed by atoms with E-state index in [9.17, 15) is 0 Å². The number of benzene rings is 10. The molecule has 0 N–H and O–H groups in total. The molecule has 3 aliphatic rings. The first kappa shape index (κ1) is 36.2. The predicted octanol–water partition coefficient (Wildman–Crippen LogP) is 16.3. The summed E-state index contributed by atoms with van der Waals surface area (Å²) in [7, 11) is 0. The summed E-state index contributed by atoms with van der Waals surface area (Å²) in [5, 5.41) is 4.96. The van der Waals surface area contributed by atoms with Crippen LogP contribution in [-0.2, 0) is 10.8 Å². The van der Waals surface area contributed by atoms with Gasteiger partial charge >= 0.3 is 0 Å². The zero-order valence-corrected chi connectivity index (χ0v) is 35.1. The fraction of sp³-hybridized carbons (Fsp3) is 0.0968. The van der Waals surface area contributed by atoms with Gasteiger partial charge < -0.3 is 4.90 Å². The van der Waals surface area contributed by atoms with Crippen molar-refractivity contribution >= 4 is 38.6 Å². The molecule has 0 amide bonds. The molecule has 0 aliphatic heterocycles. The second-order valence-electron chi connectivity index (χ2n) is 17.9. The Kier molecular flexibility index (Phi) is 8.06. The van der Waals surface area contributed by atoms with Crippen LogP contribution in [0.25, 0.3) is 54.9 Å². The molecule has 298 valence electrons. The van der Waals surface area contributed by atoms with E-state index in [0.717, 1.165) is 17.1 Å². The summed E-state index contributed by atoms with van der Waals surface area (Å²) in [6, 6.07) is 84.4.